The lowest BCUT2D eigenvalue weighted by molar-refractivity contribution is -0.142. The molecule has 0 radical (unpaired) electrons. The molecule has 7 heteroatoms. The minimum Gasteiger partial charge on any atom is -0.481 e. The number of aliphatic carboxylic acids is 1. The highest BCUT2D eigenvalue weighted by molar-refractivity contribution is 5.96. The largest absolute Gasteiger partial charge is 0.481 e. The van der Waals surface area contributed by atoms with E-state index in [4.69, 9.17) is 0 Å². The number of fused-ring (bicyclic) bond motifs is 2. The fraction of sp³-hybridized carbons (Fsp3) is 0.323. The first-order valence-corrected chi connectivity index (χ1v) is 13.3. The average Bonchev–Trinajstić information content (AvgIpc) is 3.31. The van der Waals surface area contributed by atoms with Gasteiger partial charge in [0.15, 0.2) is 0 Å². The van der Waals surface area contributed by atoms with E-state index in [1.54, 1.807) is 0 Å². The topological polar surface area (TPSA) is 98.3 Å². The van der Waals surface area contributed by atoms with Gasteiger partial charge < -0.3 is 20.3 Å². The van der Waals surface area contributed by atoms with Crippen LogP contribution in [0.15, 0.2) is 60.7 Å². The monoisotopic (exact) mass is 510 g/mol. The van der Waals surface area contributed by atoms with Crippen molar-refractivity contribution in [3.05, 3.63) is 82.9 Å². The van der Waals surface area contributed by atoms with Crippen LogP contribution in [0.4, 0.5) is 17.3 Å². The van der Waals surface area contributed by atoms with Gasteiger partial charge >= 0.3 is 5.97 Å². The number of imidazole rings is 1. The predicted molar refractivity (Wildman–Crippen MR) is 151 cm³/mol. The molecule has 0 unspecified atom stereocenters. The summed E-state index contributed by atoms with van der Waals surface area (Å²) in [4.78, 5) is 34.9. The van der Waals surface area contributed by atoms with Gasteiger partial charge in [0.25, 0.3) is 0 Å². The molecular formula is C31H34N4O3. The Kier molecular flexibility index (Phi) is 7.18. The molecule has 1 aliphatic rings. The number of nitrogens with zero attached hydrogens (tertiary/aromatic N) is 2. The first kappa shape index (κ1) is 25.5. The predicted octanol–water partition coefficient (Wildman–Crippen LogP) is 6.35. The number of amides is 1. The molecule has 2 heterocycles. The Bertz CT molecular complexity index is 1490. The number of hydrogen-bond acceptors (Lipinski definition) is 4. The van der Waals surface area contributed by atoms with E-state index in [1.165, 1.54) is 0 Å². The van der Waals surface area contributed by atoms with Crippen LogP contribution in [-0.2, 0) is 22.4 Å². The highest BCUT2D eigenvalue weighted by Crippen LogP contribution is 2.34. The molecule has 1 aliphatic heterocycles. The fourth-order valence-electron chi connectivity index (χ4n) is 5.47. The van der Waals surface area contributed by atoms with Crippen molar-refractivity contribution in [3.8, 4) is 0 Å². The molecule has 38 heavy (non-hydrogen) atoms. The number of hydrogen-bond donors (Lipinski definition) is 3. The summed E-state index contributed by atoms with van der Waals surface area (Å²) in [5, 5.41) is 12.9. The van der Waals surface area contributed by atoms with Gasteiger partial charge in [0.05, 0.1) is 23.4 Å². The normalized spacial score (nSPS) is 14.7. The van der Waals surface area contributed by atoms with E-state index >= 15 is 0 Å². The van der Waals surface area contributed by atoms with Crippen molar-refractivity contribution < 1.29 is 14.7 Å². The molecule has 3 aromatic carbocycles. The van der Waals surface area contributed by atoms with Crippen molar-refractivity contribution in [1.82, 2.24) is 9.97 Å². The fourth-order valence-corrected chi connectivity index (χ4v) is 5.47. The molecule has 2 atom stereocenters. The van der Waals surface area contributed by atoms with Crippen LogP contribution >= 0.6 is 0 Å². The Morgan fingerprint density at radius 2 is 1.95 bits per heavy atom. The number of carboxylic acids is 1. The summed E-state index contributed by atoms with van der Waals surface area (Å²) in [7, 11) is 0. The molecule has 3 N–H and O–H groups in total. The van der Waals surface area contributed by atoms with Crippen molar-refractivity contribution in [2.45, 2.75) is 52.4 Å². The van der Waals surface area contributed by atoms with Crippen molar-refractivity contribution in [2.24, 2.45) is 5.92 Å². The molecule has 0 saturated carbocycles. The Morgan fingerprint density at radius 3 is 2.71 bits per heavy atom. The molecule has 196 valence electrons. The lowest BCUT2D eigenvalue weighted by atomic mass is 9.84. The van der Waals surface area contributed by atoms with Gasteiger partial charge in [-0.25, -0.2) is 4.98 Å². The molecule has 4 aromatic rings. The number of aromatic amines is 1. The van der Waals surface area contributed by atoms with Gasteiger partial charge in [0, 0.05) is 17.9 Å². The van der Waals surface area contributed by atoms with Crippen LogP contribution in [0.5, 0.6) is 0 Å². The maximum Gasteiger partial charge on any atom is 0.307 e. The van der Waals surface area contributed by atoms with Crippen LogP contribution in [0.25, 0.3) is 11.0 Å². The highest BCUT2D eigenvalue weighted by atomic mass is 16.4. The number of nitrogens with one attached hydrogen (secondary N) is 2. The van der Waals surface area contributed by atoms with Crippen LogP contribution < -0.4 is 10.2 Å². The second-order valence-electron chi connectivity index (χ2n) is 10.2. The number of H-pyrrole nitrogens is 1. The van der Waals surface area contributed by atoms with Crippen molar-refractivity contribution in [2.75, 3.05) is 16.8 Å². The minimum atomic E-state index is -0.762. The maximum absolute atomic E-state index is 13.4. The van der Waals surface area contributed by atoms with Crippen molar-refractivity contribution in [3.63, 3.8) is 0 Å². The summed E-state index contributed by atoms with van der Waals surface area (Å²) in [5.74, 6) is -0.539. The van der Waals surface area contributed by atoms with Gasteiger partial charge in [0.2, 0.25) is 11.9 Å². The lowest BCUT2D eigenvalue weighted by Gasteiger charge is -2.31. The summed E-state index contributed by atoms with van der Waals surface area (Å²) >= 11 is 0. The molecule has 0 fully saturated rings. The minimum absolute atomic E-state index is 0.0563. The van der Waals surface area contributed by atoms with Gasteiger partial charge in [-0.15, -0.1) is 0 Å². The molecule has 1 aromatic heterocycles. The number of carbonyl (C=O) groups excluding carboxylic acids is 1. The zero-order chi connectivity index (χ0) is 26.8. The van der Waals surface area contributed by atoms with E-state index in [2.05, 4.69) is 21.4 Å². The SMILES string of the molecule is CC[C@@H](C(=O)O)[C@H](C)c1ccc2c(c1)CCCN2C(=O)Cc1ccc2nc(Nc3ccccc3C)[nH]c2c1. The van der Waals surface area contributed by atoms with Crippen molar-refractivity contribution >= 4 is 40.2 Å². The Morgan fingerprint density at radius 1 is 1.13 bits per heavy atom. The van der Waals surface area contributed by atoms with E-state index in [9.17, 15) is 14.7 Å². The summed E-state index contributed by atoms with van der Waals surface area (Å²) in [6, 6.07) is 20.0. The number of anilines is 3. The summed E-state index contributed by atoms with van der Waals surface area (Å²) in [6.07, 6.45) is 2.66. The maximum atomic E-state index is 13.4. The lowest BCUT2D eigenvalue weighted by Crippen LogP contribution is -2.36. The number of carbonyl (C=O) groups is 2. The van der Waals surface area contributed by atoms with Crippen molar-refractivity contribution in [1.29, 1.82) is 0 Å². The smallest absolute Gasteiger partial charge is 0.307 e. The third-order valence-corrected chi connectivity index (χ3v) is 7.71. The van der Waals surface area contributed by atoms with Gasteiger partial charge in [-0.3, -0.25) is 9.59 Å². The number of carboxylic acid groups (broad SMARTS) is 1. The van der Waals surface area contributed by atoms with Crippen LogP contribution in [0, 0.1) is 12.8 Å². The van der Waals surface area contributed by atoms with Gasteiger partial charge in [-0.2, -0.15) is 0 Å². The highest BCUT2D eigenvalue weighted by Gasteiger charge is 2.27. The third kappa shape index (κ3) is 5.14. The first-order chi connectivity index (χ1) is 18.3. The molecular weight excluding hydrogens is 476 g/mol. The summed E-state index contributed by atoms with van der Waals surface area (Å²) < 4.78 is 0. The second-order valence-corrected chi connectivity index (χ2v) is 10.2. The molecule has 0 bridgehead atoms. The Hall–Kier alpha value is -4.13. The van der Waals surface area contributed by atoms with Crippen LogP contribution in [-0.4, -0.2) is 33.5 Å². The third-order valence-electron chi connectivity index (χ3n) is 7.71. The van der Waals surface area contributed by atoms with Crippen LogP contribution in [0.3, 0.4) is 0 Å². The van der Waals surface area contributed by atoms with E-state index < -0.39 is 11.9 Å². The number of aryl methyl sites for hydroxylation is 2. The van der Waals surface area contributed by atoms with Crippen LogP contribution in [0.1, 0.15) is 54.9 Å². The summed E-state index contributed by atoms with van der Waals surface area (Å²) in [6.45, 7) is 6.62. The molecule has 0 aliphatic carbocycles. The number of aromatic nitrogens is 2. The quantitative estimate of drug-likeness (QED) is 0.257. The second kappa shape index (κ2) is 10.7. The molecule has 5 rings (SSSR count). The first-order valence-electron chi connectivity index (χ1n) is 13.3. The number of para-hydroxylation sites is 1. The number of rotatable bonds is 8. The Balaban J connectivity index is 1.32. The zero-order valence-corrected chi connectivity index (χ0v) is 22.1. The Labute approximate surface area is 222 Å². The van der Waals surface area contributed by atoms with E-state index in [0.717, 1.165) is 57.5 Å². The van der Waals surface area contributed by atoms with Gasteiger partial charge in [0.1, 0.15) is 0 Å². The average molecular weight is 511 g/mol. The molecule has 0 saturated heterocycles. The standard InChI is InChI=1S/C31H34N4O3/c1-4-24(30(37)38)20(3)22-12-14-28-23(18-22)9-7-15-35(28)29(36)17-21-11-13-26-27(16-21)34-31(33-26)32-25-10-6-5-8-19(25)2/h5-6,8,10-14,16,18,20,24H,4,7,9,15,17H2,1-3H3,(H,37,38)(H2,32,33,34)/t20-,24-/m1/s1. The van der Waals surface area contributed by atoms with Gasteiger partial charge in [-0.05, 0) is 78.6 Å². The van der Waals surface area contributed by atoms with E-state index in [-0.39, 0.29) is 11.8 Å². The number of benzene rings is 3. The van der Waals surface area contributed by atoms with Gasteiger partial charge in [-0.1, -0.05) is 50.2 Å². The van der Waals surface area contributed by atoms with Crippen LogP contribution in [0.2, 0.25) is 0 Å². The molecule has 1 amide bonds. The van der Waals surface area contributed by atoms with E-state index in [0.29, 0.717) is 25.3 Å². The van der Waals surface area contributed by atoms with E-state index in [1.807, 2.05) is 80.3 Å². The molecule has 0 spiro atoms. The molecule has 7 nitrogen and oxygen atoms in total. The summed E-state index contributed by atoms with van der Waals surface area (Å²) in [5.41, 5.74) is 7.86. The zero-order valence-electron chi connectivity index (χ0n) is 22.1.